The van der Waals surface area contributed by atoms with Gasteiger partial charge in [0.15, 0.2) is 0 Å². The Kier molecular flexibility index (Phi) is 2.52. The van der Waals surface area contributed by atoms with Gasteiger partial charge in [0, 0.05) is 10.9 Å². The fourth-order valence-corrected chi connectivity index (χ4v) is 1.99. The van der Waals surface area contributed by atoms with Gasteiger partial charge in [-0.1, -0.05) is 6.07 Å². The molecule has 19 heavy (non-hydrogen) atoms. The molecule has 2 aromatic carbocycles. The summed E-state index contributed by atoms with van der Waals surface area (Å²) in [6, 6.07) is 13.3. The molecule has 93 valence electrons. The number of nitrogens with two attached hydrogens (primary N) is 1. The predicted octanol–water partition coefficient (Wildman–Crippen LogP) is 2.57. The smallest absolute Gasteiger partial charge is 0.340 e. The van der Waals surface area contributed by atoms with Gasteiger partial charge in [-0.05, 0) is 42.5 Å². The van der Waals surface area contributed by atoms with Gasteiger partial charge in [0.1, 0.15) is 11.5 Å². The molecule has 0 bridgehead atoms. The minimum Gasteiger partial charge on any atom is -0.350 e. The van der Waals surface area contributed by atoms with E-state index in [2.05, 4.69) is 11.2 Å². The fourth-order valence-electron chi connectivity index (χ4n) is 1.99. The molecule has 0 saturated heterocycles. The first-order valence-corrected chi connectivity index (χ1v) is 5.61. The summed E-state index contributed by atoms with van der Waals surface area (Å²) in [4.78, 5) is 11.4. The second-order valence-electron chi connectivity index (χ2n) is 4.05. The highest BCUT2D eigenvalue weighted by molar-refractivity contribution is 5.98. The Bertz CT molecular complexity index is 762. The topological polar surface area (TPSA) is 60.9 Å². The molecule has 0 unspecified atom stereocenters. The van der Waals surface area contributed by atoms with E-state index < -0.39 is 6.03 Å². The molecule has 1 amide bonds. The van der Waals surface area contributed by atoms with Crippen LogP contribution in [-0.4, -0.2) is 15.8 Å². The SMILES string of the molecule is NC(=O)n1nc(-c2ccc(F)cc2)c2c[c]ccc21. The molecule has 0 aliphatic carbocycles. The van der Waals surface area contributed by atoms with Crippen molar-refractivity contribution in [2.75, 3.05) is 0 Å². The van der Waals surface area contributed by atoms with Crippen molar-refractivity contribution in [2.24, 2.45) is 5.73 Å². The monoisotopic (exact) mass is 254 g/mol. The molecule has 3 rings (SSSR count). The molecule has 2 N–H and O–H groups in total. The molecule has 0 aliphatic rings. The number of amides is 1. The Balaban J connectivity index is 2.29. The van der Waals surface area contributed by atoms with Crippen molar-refractivity contribution in [3.63, 3.8) is 0 Å². The summed E-state index contributed by atoms with van der Waals surface area (Å²) in [5, 5.41) is 4.93. The Morgan fingerprint density at radius 1 is 1.26 bits per heavy atom. The lowest BCUT2D eigenvalue weighted by atomic mass is 10.1. The van der Waals surface area contributed by atoms with Gasteiger partial charge in [-0.2, -0.15) is 9.78 Å². The normalized spacial score (nSPS) is 10.8. The minimum atomic E-state index is -0.662. The number of nitrogens with zero attached hydrogens (tertiary/aromatic N) is 2. The summed E-state index contributed by atoms with van der Waals surface area (Å²) < 4.78 is 14.1. The predicted molar refractivity (Wildman–Crippen MR) is 68.9 cm³/mol. The van der Waals surface area contributed by atoms with Crippen LogP contribution in [0.3, 0.4) is 0 Å². The molecule has 0 atom stereocenters. The van der Waals surface area contributed by atoms with Crippen LogP contribution in [0.25, 0.3) is 22.2 Å². The number of aromatic nitrogens is 2. The van der Waals surface area contributed by atoms with Crippen molar-refractivity contribution in [3.05, 3.63) is 54.3 Å². The first-order chi connectivity index (χ1) is 9.16. The minimum absolute atomic E-state index is 0.325. The lowest BCUT2D eigenvalue weighted by Gasteiger charge is -1.97. The summed E-state index contributed by atoms with van der Waals surface area (Å²) >= 11 is 0. The van der Waals surface area contributed by atoms with E-state index in [0.717, 1.165) is 10.1 Å². The van der Waals surface area contributed by atoms with E-state index in [1.165, 1.54) is 12.1 Å². The van der Waals surface area contributed by atoms with Gasteiger partial charge in [0.25, 0.3) is 0 Å². The summed E-state index contributed by atoms with van der Waals surface area (Å²) in [6.07, 6.45) is 0. The quantitative estimate of drug-likeness (QED) is 0.725. The molecule has 0 aliphatic heterocycles. The highest BCUT2D eigenvalue weighted by Gasteiger charge is 2.14. The third-order valence-corrected chi connectivity index (χ3v) is 2.85. The van der Waals surface area contributed by atoms with Crippen LogP contribution in [0.15, 0.2) is 42.5 Å². The molecule has 0 saturated carbocycles. The number of halogens is 1. The van der Waals surface area contributed by atoms with Crippen molar-refractivity contribution < 1.29 is 9.18 Å². The number of rotatable bonds is 1. The number of hydrogen-bond donors (Lipinski definition) is 1. The first-order valence-electron chi connectivity index (χ1n) is 5.61. The van der Waals surface area contributed by atoms with Crippen LogP contribution < -0.4 is 5.73 Å². The van der Waals surface area contributed by atoms with Crippen molar-refractivity contribution in [1.82, 2.24) is 9.78 Å². The van der Waals surface area contributed by atoms with Gasteiger partial charge >= 0.3 is 6.03 Å². The molecule has 1 radical (unpaired) electrons. The molecular formula is C14H9FN3O. The number of hydrogen-bond acceptors (Lipinski definition) is 2. The molecule has 1 aromatic heterocycles. The maximum Gasteiger partial charge on any atom is 0.340 e. The highest BCUT2D eigenvalue weighted by Crippen LogP contribution is 2.27. The van der Waals surface area contributed by atoms with Crippen LogP contribution in [0.4, 0.5) is 9.18 Å². The average molecular weight is 254 g/mol. The summed E-state index contributed by atoms with van der Waals surface area (Å²) in [5.74, 6) is -0.325. The van der Waals surface area contributed by atoms with E-state index in [1.54, 1.807) is 30.3 Å². The fraction of sp³-hybridized carbons (Fsp3) is 0. The molecule has 4 nitrogen and oxygen atoms in total. The van der Waals surface area contributed by atoms with E-state index in [-0.39, 0.29) is 5.82 Å². The van der Waals surface area contributed by atoms with Gasteiger partial charge in [-0.25, -0.2) is 9.18 Å². The van der Waals surface area contributed by atoms with Crippen LogP contribution in [0, 0.1) is 11.9 Å². The number of primary amides is 1. The molecule has 5 heteroatoms. The average Bonchev–Trinajstić information content (AvgIpc) is 2.79. The van der Waals surface area contributed by atoms with Crippen molar-refractivity contribution in [1.29, 1.82) is 0 Å². The van der Waals surface area contributed by atoms with Gasteiger partial charge in [0.05, 0.1) is 5.52 Å². The molecule has 0 fully saturated rings. The third kappa shape index (κ3) is 1.85. The number of carbonyl (C=O) groups excluding carboxylic acids is 1. The van der Waals surface area contributed by atoms with Gasteiger partial charge < -0.3 is 5.73 Å². The summed E-state index contributed by atoms with van der Waals surface area (Å²) in [6.45, 7) is 0. The highest BCUT2D eigenvalue weighted by atomic mass is 19.1. The Morgan fingerprint density at radius 3 is 2.68 bits per heavy atom. The van der Waals surface area contributed by atoms with E-state index in [1.807, 2.05) is 0 Å². The van der Waals surface area contributed by atoms with Crippen LogP contribution in [-0.2, 0) is 0 Å². The standard InChI is InChI=1S/C14H9FN3O/c15-10-7-5-9(6-8-10)13-11-3-1-2-4-12(11)18(17-13)14(16)19/h2-8H,(H2,16,19). The Hall–Kier alpha value is -2.69. The molecule has 1 heterocycles. The van der Waals surface area contributed by atoms with E-state index >= 15 is 0 Å². The van der Waals surface area contributed by atoms with E-state index in [0.29, 0.717) is 16.8 Å². The van der Waals surface area contributed by atoms with Crippen LogP contribution in [0.2, 0.25) is 0 Å². The van der Waals surface area contributed by atoms with Crippen LogP contribution >= 0.6 is 0 Å². The van der Waals surface area contributed by atoms with Gasteiger partial charge in [-0.3, -0.25) is 0 Å². The zero-order chi connectivity index (χ0) is 13.4. The van der Waals surface area contributed by atoms with E-state index in [4.69, 9.17) is 5.73 Å². The zero-order valence-electron chi connectivity index (χ0n) is 9.80. The Morgan fingerprint density at radius 2 is 2.00 bits per heavy atom. The lowest BCUT2D eigenvalue weighted by molar-refractivity contribution is 0.248. The molecule has 0 spiro atoms. The summed E-state index contributed by atoms with van der Waals surface area (Å²) in [7, 11) is 0. The first kappa shape index (κ1) is 11.4. The van der Waals surface area contributed by atoms with Crippen molar-refractivity contribution >= 4 is 16.9 Å². The molecule has 3 aromatic rings. The van der Waals surface area contributed by atoms with Gasteiger partial charge in [-0.15, -0.1) is 0 Å². The maximum atomic E-state index is 12.9. The maximum absolute atomic E-state index is 12.9. The molecular weight excluding hydrogens is 245 g/mol. The third-order valence-electron chi connectivity index (χ3n) is 2.85. The van der Waals surface area contributed by atoms with Crippen molar-refractivity contribution in [3.8, 4) is 11.3 Å². The van der Waals surface area contributed by atoms with Crippen LogP contribution in [0.1, 0.15) is 0 Å². The number of carbonyl (C=O) groups is 1. The Labute approximate surface area is 108 Å². The van der Waals surface area contributed by atoms with Crippen molar-refractivity contribution in [2.45, 2.75) is 0 Å². The number of fused-ring (bicyclic) bond motifs is 1. The second-order valence-corrected chi connectivity index (χ2v) is 4.05. The largest absolute Gasteiger partial charge is 0.350 e. The lowest BCUT2D eigenvalue weighted by Crippen LogP contribution is -2.20. The van der Waals surface area contributed by atoms with Crippen LogP contribution in [0.5, 0.6) is 0 Å². The van der Waals surface area contributed by atoms with Gasteiger partial charge in [0.2, 0.25) is 0 Å². The van der Waals surface area contributed by atoms with E-state index in [9.17, 15) is 9.18 Å². The zero-order valence-corrected chi connectivity index (χ0v) is 9.80. The summed E-state index contributed by atoms with van der Waals surface area (Å²) in [5.41, 5.74) is 7.18. The second kappa shape index (κ2) is 4.20. The number of benzene rings is 2.